The van der Waals surface area contributed by atoms with Gasteiger partial charge in [0, 0.05) is 38.0 Å². The Labute approximate surface area is 170 Å². The Hall–Kier alpha value is -0.960. The maximum atomic E-state index is 12.4. The van der Waals surface area contributed by atoms with Gasteiger partial charge in [-0.1, -0.05) is 23.7 Å². The van der Waals surface area contributed by atoms with Crippen molar-refractivity contribution in [3.05, 3.63) is 29.3 Å². The summed E-state index contributed by atoms with van der Waals surface area (Å²) in [5.41, 5.74) is 0. The van der Waals surface area contributed by atoms with Crippen molar-refractivity contribution in [2.24, 2.45) is 0 Å². The number of thioether (sulfide) groups is 1. The number of sulfone groups is 1. The van der Waals surface area contributed by atoms with Crippen LogP contribution in [0, 0.1) is 0 Å². The first-order valence-corrected chi connectivity index (χ1v) is 12.4. The fourth-order valence-corrected chi connectivity index (χ4v) is 6.98. The van der Waals surface area contributed by atoms with Crippen LogP contribution in [0.1, 0.15) is 6.42 Å². The van der Waals surface area contributed by atoms with Gasteiger partial charge in [0.05, 0.1) is 22.3 Å². The number of hydrogen-bond acceptors (Lipinski definition) is 6. The first kappa shape index (κ1) is 20.8. The first-order chi connectivity index (χ1) is 12.9. The zero-order valence-electron chi connectivity index (χ0n) is 15.2. The minimum atomic E-state index is -2.88. The molecule has 0 aliphatic carbocycles. The number of ether oxygens (including phenoxy) is 1. The van der Waals surface area contributed by atoms with Crippen LogP contribution in [-0.2, 0) is 14.6 Å². The minimum Gasteiger partial charge on any atom is -0.491 e. The summed E-state index contributed by atoms with van der Waals surface area (Å²) in [4.78, 5) is 16.5. The molecule has 1 atom stereocenters. The van der Waals surface area contributed by atoms with Gasteiger partial charge in [0.2, 0.25) is 5.91 Å². The summed E-state index contributed by atoms with van der Waals surface area (Å²) in [5, 5.41) is 0.683. The molecule has 2 aliphatic heterocycles. The largest absolute Gasteiger partial charge is 0.491 e. The number of amides is 1. The molecule has 1 aromatic rings. The van der Waals surface area contributed by atoms with E-state index in [1.54, 1.807) is 6.07 Å². The van der Waals surface area contributed by atoms with E-state index >= 15 is 0 Å². The van der Waals surface area contributed by atoms with Crippen LogP contribution in [0.25, 0.3) is 0 Å². The SMILES string of the molecule is O=C(CSC1CCS(=O)(=O)C1)N1CCN(CCOc2ccccc2Cl)CC1. The highest BCUT2D eigenvalue weighted by atomic mass is 35.5. The molecule has 150 valence electrons. The highest BCUT2D eigenvalue weighted by molar-refractivity contribution is 8.02. The van der Waals surface area contributed by atoms with Crippen LogP contribution in [0.5, 0.6) is 5.75 Å². The molecule has 3 rings (SSSR count). The quantitative estimate of drug-likeness (QED) is 0.654. The molecule has 0 aromatic heterocycles. The fraction of sp³-hybridized carbons (Fsp3) is 0.611. The summed E-state index contributed by atoms with van der Waals surface area (Å²) in [6.07, 6.45) is 0.666. The van der Waals surface area contributed by atoms with E-state index < -0.39 is 9.84 Å². The normalized spacial score (nSPS) is 22.7. The third-order valence-electron chi connectivity index (χ3n) is 4.86. The number of nitrogens with zero attached hydrogens (tertiary/aromatic N) is 2. The van der Waals surface area contributed by atoms with Crippen LogP contribution < -0.4 is 4.74 Å². The molecule has 0 bridgehead atoms. The molecular weight excluding hydrogens is 408 g/mol. The van der Waals surface area contributed by atoms with E-state index in [4.69, 9.17) is 16.3 Å². The number of halogens is 1. The summed E-state index contributed by atoms with van der Waals surface area (Å²) in [6, 6.07) is 7.42. The van der Waals surface area contributed by atoms with Gasteiger partial charge in [-0.25, -0.2) is 8.42 Å². The lowest BCUT2D eigenvalue weighted by molar-refractivity contribution is -0.130. The topological polar surface area (TPSA) is 66.9 Å². The lowest BCUT2D eigenvalue weighted by Gasteiger charge is -2.34. The van der Waals surface area contributed by atoms with Gasteiger partial charge in [-0.2, -0.15) is 0 Å². The van der Waals surface area contributed by atoms with Crippen LogP contribution >= 0.6 is 23.4 Å². The Morgan fingerprint density at radius 3 is 2.63 bits per heavy atom. The number of piperazine rings is 1. The van der Waals surface area contributed by atoms with Crippen LogP contribution in [0.3, 0.4) is 0 Å². The summed E-state index contributed by atoms with van der Waals surface area (Å²) < 4.78 is 28.7. The van der Waals surface area contributed by atoms with Crippen molar-refractivity contribution in [1.82, 2.24) is 9.80 Å². The van der Waals surface area contributed by atoms with E-state index in [1.807, 2.05) is 23.1 Å². The standard InChI is InChI=1S/C18H25ClN2O4S2/c19-16-3-1-2-4-17(16)25-11-10-20-6-8-21(9-7-20)18(22)13-26-15-5-12-27(23,24)14-15/h1-4,15H,5-14H2. The molecule has 1 aromatic carbocycles. The van der Waals surface area contributed by atoms with Crippen molar-refractivity contribution in [3.63, 3.8) is 0 Å². The Kier molecular flexibility index (Phi) is 7.30. The van der Waals surface area contributed by atoms with E-state index in [9.17, 15) is 13.2 Å². The second kappa shape index (κ2) is 9.49. The van der Waals surface area contributed by atoms with Crippen LogP contribution in [0.2, 0.25) is 5.02 Å². The van der Waals surface area contributed by atoms with Gasteiger partial charge in [-0.05, 0) is 18.6 Å². The average Bonchev–Trinajstić information content (AvgIpc) is 3.01. The third-order valence-corrected chi connectivity index (χ3v) is 8.44. The van der Waals surface area contributed by atoms with Gasteiger partial charge in [0.1, 0.15) is 12.4 Å². The average molecular weight is 433 g/mol. The minimum absolute atomic E-state index is 0.0715. The van der Waals surface area contributed by atoms with E-state index in [-0.39, 0.29) is 22.7 Å². The summed E-state index contributed by atoms with van der Waals surface area (Å²) in [5.74, 6) is 1.64. The fourth-order valence-electron chi connectivity index (χ4n) is 3.24. The number of para-hydroxylation sites is 1. The number of hydrogen-bond donors (Lipinski definition) is 0. The number of benzene rings is 1. The second-order valence-electron chi connectivity index (χ2n) is 6.84. The molecule has 2 aliphatic rings. The van der Waals surface area contributed by atoms with Crippen LogP contribution in [0.15, 0.2) is 24.3 Å². The molecule has 2 fully saturated rings. The van der Waals surface area contributed by atoms with E-state index in [0.717, 1.165) is 19.6 Å². The highest BCUT2D eigenvalue weighted by Crippen LogP contribution is 2.25. The van der Waals surface area contributed by atoms with Crippen LogP contribution in [0.4, 0.5) is 0 Å². The molecule has 9 heteroatoms. The zero-order chi connectivity index (χ0) is 19.3. The third kappa shape index (κ3) is 6.27. The van der Waals surface area contributed by atoms with Gasteiger partial charge < -0.3 is 9.64 Å². The van der Waals surface area contributed by atoms with Crippen molar-refractivity contribution in [3.8, 4) is 5.75 Å². The number of carbonyl (C=O) groups is 1. The van der Waals surface area contributed by atoms with E-state index in [1.165, 1.54) is 11.8 Å². The van der Waals surface area contributed by atoms with Crippen LogP contribution in [-0.4, -0.2) is 86.0 Å². The molecule has 0 saturated carbocycles. The predicted octanol–water partition coefficient (Wildman–Crippen LogP) is 1.78. The van der Waals surface area contributed by atoms with Gasteiger partial charge in [0.25, 0.3) is 0 Å². The van der Waals surface area contributed by atoms with Crippen molar-refractivity contribution in [1.29, 1.82) is 0 Å². The molecule has 6 nitrogen and oxygen atoms in total. The first-order valence-electron chi connectivity index (χ1n) is 9.12. The molecule has 0 radical (unpaired) electrons. The summed E-state index contributed by atoms with van der Waals surface area (Å²) in [7, 11) is -2.88. The zero-order valence-corrected chi connectivity index (χ0v) is 17.6. The molecule has 2 heterocycles. The number of carbonyl (C=O) groups excluding carboxylic acids is 1. The molecule has 1 amide bonds. The van der Waals surface area contributed by atoms with Crippen molar-refractivity contribution in [2.45, 2.75) is 11.7 Å². The van der Waals surface area contributed by atoms with Crippen molar-refractivity contribution < 1.29 is 17.9 Å². The van der Waals surface area contributed by atoms with Gasteiger partial charge in [0.15, 0.2) is 9.84 Å². The molecule has 1 unspecified atom stereocenters. The van der Waals surface area contributed by atoms with Crippen molar-refractivity contribution >= 4 is 39.1 Å². The Morgan fingerprint density at radius 1 is 1.22 bits per heavy atom. The molecule has 27 heavy (non-hydrogen) atoms. The smallest absolute Gasteiger partial charge is 0.232 e. The van der Waals surface area contributed by atoms with Gasteiger partial charge in [-0.15, -0.1) is 11.8 Å². The van der Waals surface area contributed by atoms with E-state index in [0.29, 0.717) is 42.6 Å². The Bertz CT molecular complexity index is 751. The lowest BCUT2D eigenvalue weighted by atomic mass is 10.3. The maximum absolute atomic E-state index is 12.4. The van der Waals surface area contributed by atoms with Gasteiger partial charge in [-0.3, -0.25) is 9.69 Å². The maximum Gasteiger partial charge on any atom is 0.232 e. The molecular formula is C18H25ClN2O4S2. The Morgan fingerprint density at radius 2 is 1.96 bits per heavy atom. The highest BCUT2D eigenvalue weighted by Gasteiger charge is 2.29. The van der Waals surface area contributed by atoms with Gasteiger partial charge >= 0.3 is 0 Å². The summed E-state index contributed by atoms with van der Waals surface area (Å²) >= 11 is 7.56. The lowest BCUT2D eigenvalue weighted by Crippen LogP contribution is -2.50. The van der Waals surface area contributed by atoms with Crippen molar-refractivity contribution in [2.75, 3.05) is 56.6 Å². The second-order valence-corrected chi connectivity index (χ2v) is 10.8. The Balaban J connectivity index is 1.32. The summed E-state index contributed by atoms with van der Waals surface area (Å²) in [6.45, 7) is 4.40. The molecule has 0 spiro atoms. The molecule has 2 saturated heterocycles. The van der Waals surface area contributed by atoms with E-state index in [2.05, 4.69) is 4.90 Å². The number of rotatable bonds is 7. The predicted molar refractivity (Wildman–Crippen MR) is 109 cm³/mol. The monoisotopic (exact) mass is 432 g/mol. The molecule has 0 N–H and O–H groups in total.